The fraction of sp³-hybridized carbons (Fsp3) is 0.538. The van der Waals surface area contributed by atoms with Crippen molar-refractivity contribution in [3.8, 4) is 11.5 Å². The van der Waals surface area contributed by atoms with Gasteiger partial charge in [-0.15, -0.1) is 0 Å². The number of nitrogens with two attached hydrogens (primary N) is 1. The van der Waals surface area contributed by atoms with Gasteiger partial charge in [0.25, 0.3) is 0 Å². The fourth-order valence-electron chi connectivity index (χ4n) is 1.94. The van der Waals surface area contributed by atoms with Crippen LogP contribution in [0.4, 0.5) is 5.69 Å². The molecule has 3 heteroatoms. The lowest BCUT2D eigenvalue weighted by Gasteiger charge is -2.25. The van der Waals surface area contributed by atoms with Crippen molar-refractivity contribution >= 4 is 5.69 Å². The maximum Gasteiger partial charge on any atom is 0.146 e. The van der Waals surface area contributed by atoms with E-state index in [0.717, 1.165) is 24.7 Å². The number of ether oxygens (including phenoxy) is 2. The molecule has 1 aliphatic rings. The molecule has 0 saturated heterocycles. The van der Waals surface area contributed by atoms with Gasteiger partial charge in [0, 0.05) is 0 Å². The van der Waals surface area contributed by atoms with Gasteiger partial charge in [-0.3, -0.25) is 0 Å². The minimum atomic E-state index is 0.596. The fourth-order valence-corrected chi connectivity index (χ4v) is 1.94. The van der Waals surface area contributed by atoms with E-state index in [1.54, 1.807) is 7.11 Å². The van der Waals surface area contributed by atoms with E-state index in [1.165, 1.54) is 19.3 Å². The summed E-state index contributed by atoms with van der Waals surface area (Å²) in [5.41, 5.74) is 6.50. The van der Waals surface area contributed by atoms with Crippen LogP contribution >= 0.6 is 0 Å². The third-order valence-corrected chi connectivity index (χ3v) is 3.25. The topological polar surface area (TPSA) is 44.5 Å². The lowest BCUT2D eigenvalue weighted by Crippen LogP contribution is -2.14. The summed E-state index contributed by atoms with van der Waals surface area (Å²) in [4.78, 5) is 0. The van der Waals surface area contributed by atoms with Gasteiger partial charge in [-0.2, -0.15) is 0 Å². The predicted octanol–water partition coefficient (Wildman–Crippen LogP) is 2.85. The summed E-state index contributed by atoms with van der Waals surface area (Å²) in [6.45, 7) is 0.752. The molecule has 0 radical (unpaired) electrons. The summed E-state index contributed by atoms with van der Waals surface area (Å²) in [6.07, 6.45) is 5.23. The number of para-hydroxylation sites is 1. The minimum absolute atomic E-state index is 0.596. The Labute approximate surface area is 96.5 Å². The van der Waals surface area contributed by atoms with Crippen LogP contribution in [0, 0.1) is 5.92 Å². The van der Waals surface area contributed by atoms with Crippen molar-refractivity contribution < 1.29 is 9.47 Å². The Morgan fingerprint density at radius 1 is 1.31 bits per heavy atom. The summed E-state index contributed by atoms with van der Waals surface area (Å²) in [5, 5.41) is 0. The molecule has 0 aromatic heterocycles. The average molecular weight is 221 g/mol. The molecular weight excluding hydrogens is 202 g/mol. The van der Waals surface area contributed by atoms with E-state index in [-0.39, 0.29) is 0 Å². The second-order valence-electron chi connectivity index (χ2n) is 4.31. The van der Waals surface area contributed by atoms with Crippen LogP contribution in [0.25, 0.3) is 0 Å². The number of nitrogen functional groups attached to an aromatic ring is 1. The molecule has 1 saturated carbocycles. The molecule has 0 bridgehead atoms. The highest BCUT2D eigenvalue weighted by atomic mass is 16.5. The van der Waals surface area contributed by atoms with Crippen molar-refractivity contribution in [3.63, 3.8) is 0 Å². The number of anilines is 1. The van der Waals surface area contributed by atoms with Crippen LogP contribution in [0.15, 0.2) is 18.2 Å². The Morgan fingerprint density at radius 3 is 2.69 bits per heavy atom. The Kier molecular flexibility index (Phi) is 3.54. The van der Waals surface area contributed by atoms with Gasteiger partial charge in [-0.25, -0.2) is 0 Å². The van der Waals surface area contributed by atoms with E-state index in [9.17, 15) is 0 Å². The summed E-state index contributed by atoms with van der Waals surface area (Å²) < 4.78 is 10.8. The van der Waals surface area contributed by atoms with Crippen LogP contribution in [0.5, 0.6) is 11.5 Å². The smallest absolute Gasteiger partial charge is 0.146 e. The van der Waals surface area contributed by atoms with Crippen LogP contribution in [-0.4, -0.2) is 13.7 Å². The lowest BCUT2D eigenvalue weighted by molar-refractivity contribution is 0.222. The largest absolute Gasteiger partial charge is 0.494 e. The van der Waals surface area contributed by atoms with Gasteiger partial charge in [0.2, 0.25) is 0 Å². The van der Waals surface area contributed by atoms with Gasteiger partial charge < -0.3 is 15.2 Å². The van der Waals surface area contributed by atoms with E-state index in [2.05, 4.69) is 0 Å². The van der Waals surface area contributed by atoms with Crippen molar-refractivity contribution in [1.29, 1.82) is 0 Å². The molecule has 0 amide bonds. The van der Waals surface area contributed by atoms with Crippen molar-refractivity contribution in [1.82, 2.24) is 0 Å². The number of rotatable bonds is 5. The summed E-state index contributed by atoms with van der Waals surface area (Å²) in [5.74, 6) is 2.28. The Hall–Kier alpha value is -1.38. The SMILES string of the molecule is COc1cccc(OCCC2CCC2)c1N. The monoisotopic (exact) mass is 221 g/mol. The highest BCUT2D eigenvalue weighted by Crippen LogP contribution is 2.32. The van der Waals surface area contributed by atoms with Crippen LogP contribution in [0.3, 0.4) is 0 Å². The van der Waals surface area contributed by atoms with E-state index < -0.39 is 0 Å². The molecule has 0 atom stereocenters. The average Bonchev–Trinajstić information content (AvgIpc) is 2.24. The number of benzene rings is 1. The molecule has 2 rings (SSSR count). The zero-order chi connectivity index (χ0) is 11.4. The van der Waals surface area contributed by atoms with Crippen LogP contribution < -0.4 is 15.2 Å². The maximum atomic E-state index is 5.91. The van der Waals surface area contributed by atoms with Gasteiger partial charge in [-0.05, 0) is 24.5 Å². The molecule has 0 spiro atoms. The predicted molar refractivity (Wildman–Crippen MR) is 64.9 cm³/mol. The highest BCUT2D eigenvalue weighted by Gasteiger charge is 2.17. The third-order valence-electron chi connectivity index (χ3n) is 3.25. The van der Waals surface area contributed by atoms with Crippen molar-refractivity contribution in [2.24, 2.45) is 5.92 Å². The second kappa shape index (κ2) is 5.10. The van der Waals surface area contributed by atoms with Crippen molar-refractivity contribution in [3.05, 3.63) is 18.2 Å². The van der Waals surface area contributed by atoms with Crippen molar-refractivity contribution in [2.75, 3.05) is 19.5 Å². The van der Waals surface area contributed by atoms with E-state index >= 15 is 0 Å². The highest BCUT2D eigenvalue weighted by molar-refractivity contribution is 5.62. The van der Waals surface area contributed by atoms with Gasteiger partial charge in [0.15, 0.2) is 0 Å². The van der Waals surface area contributed by atoms with Crippen LogP contribution in [0.1, 0.15) is 25.7 Å². The summed E-state index contributed by atoms with van der Waals surface area (Å²) in [7, 11) is 1.61. The molecule has 3 nitrogen and oxygen atoms in total. The van der Waals surface area contributed by atoms with Gasteiger partial charge in [-0.1, -0.05) is 25.3 Å². The van der Waals surface area contributed by atoms with Gasteiger partial charge >= 0.3 is 0 Å². The van der Waals surface area contributed by atoms with Gasteiger partial charge in [0.1, 0.15) is 17.2 Å². The molecule has 1 aromatic rings. The molecule has 0 unspecified atom stereocenters. The Bertz CT molecular complexity index is 348. The molecule has 0 aliphatic heterocycles. The standard InChI is InChI=1S/C13H19NO2/c1-15-11-6-3-7-12(13(11)14)16-9-8-10-4-2-5-10/h3,6-7,10H,2,4-5,8-9,14H2,1H3. The van der Waals surface area contributed by atoms with Gasteiger partial charge in [0.05, 0.1) is 13.7 Å². The van der Waals surface area contributed by atoms with E-state index in [0.29, 0.717) is 11.4 Å². The molecule has 2 N–H and O–H groups in total. The molecule has 88 valence electrons. The quantitative estimate of drug-likeness (QED) is 0.777. The molecule has 0 heterocycles. The first kappa shape index (κ1) is 11.1. The zero-order valence-electron chi connectivity index (χ0n) is 9.74. The number of methoxy groups -OCH3 is 1. The first-order chi connectivity index (χ1) is 7.81. The first-order valence-corrected chi connectivity index (χ1v) is 5.86. The maximum absolute atomic E-state index is 5.91. The minimum Gasteiger partial charge on any atom is -0.494 e. The van der Waals surface area contributed by atoms with E-state index in [4.69, 9.17) is 15.2 Å². The number of hydrogen-bond acceptors (Lipinski definition) is 3. The summed E-state index contributed by atoms with van der Waals surface area (Å²) >= 11 is 0. The second-order valence-corrected chi connectivity index (χ2v) is 4.31. The normalized spacial score (nSPS) is 15.6. The molecule has 1 fully saturated rings. The van der Waals surface area contributed by atoms with Crippen molar-refractivity contribution in [2.45, 2.75) is 25.7 Å². The zero-order valence-corrected chi connectivity index (χ0v) is 9.74. The van der Waals surface area contributed by atoms with E-state index in [1.807, 2.05) is 18.2 Å². The molecule has 16 heavy (non-hydrogen) atoms. The Balaban J connectivity index is 1.87. The number of hydrogen-bond donors (Lipinski definition) is 1. The molecular formula is C13H19NO2. The van der Waals surface area contributed by atoms with Crippen LogP contribution in [-0.2, 0) is 0 Å². The lowest BCUT2D eigenvalue weighted by atomic mass is 9.83. The third kappa shape index (κ3) is 2.40. The first-order valence-electron chi connectivity index (χ1n) is 5.86. The van der Waals surface area contributed by atoms with Crippen LogP contribution in [0.2, 0.25) is 0 Å². The summed E-state index contributed by atoms with van der Waals surface area (Å²) in [6, 6.07) is 5.63. The Morgan fingerprint density at radius 2 is 2.06 bits per heavy atom. The molecule has 1 aliphatic carbocycles. The molecule has 1 aromatic carbocycles.